The van der Waals surface area contributed by atoms with Gasteiger partial charge in [0.2, 0.25) is 0 Å². The van der Waals surface area contributed by atoms with Crippen molar-refractivity contribution in [3.05, 3.63) is 18.7 Å². The fourth-order valence-electron chi connectivity index (χ4n) is 0.953. The molecule has 0 saturated heterocycles. The Hall–Kier alpha value is -0.130. The third-order valence-corrected chi connectivity index (χ3v) is 6.27. The quantitative estimate of drug-likeness (QED) is 0.442. The van der Waals surface area contributed by atoms with Crippen LogP contribution >= 0.6 is 16.1 Å². The number of aliphatic hydroxyl groups is 1. The molecule has 1 heterocycles. The number of aromatic nitrogens is 2. The first-order chi connectivity index (χ1) is 6.65. The van der Waals surface area contributed by atoms with E-state index in [1.54, 1.807) is 0 Å². The molecule has 0 fully saturated rings. The Morgan fingerprint density at radius 2 is 2.07 bits per heavy atom. The van der Waals surface area contributed by atoms with Gasteiger partial charge in [0.05, 0.1) is 0 Å². The monoisotopic (exact) mass is 256 g/mol. The molecule has 1 aromatic heterocycles. The molecule has 0 radical (unpaired) electrons. The molecule has 0 bridgehead atoms. The molecule has 0 spiro atoms. The van der Waals surface area contributed by atoms with Gasteiger partial charge in [0.1, 0.15) is 0 Å². The van der Waals surface area contributed by atoms with E-state index in [4.69, 9.17) is 4.89 Å². The van der Waals surface area contributed by atoms with Crippen LogP contribution in [-0.4, -0.2) is 46.0 Å². The van der Waals surface area contributed by atoms with Crippen molar-refractivity contribution in [3.63, 3.8) is 0 Å². The molecule has 0 aromatic carbocycles. The van der Waals surface area contributed by atoms with E-state index in [0.29, 0.717) is 0 Å². The van der Waals surface area contributed by atoms with Crippen molar-refractivity contribution in [2.24, 2.45) is 0 Å². The van der Waals surface area contributed by atoms with Gasteiger partial charge in [0.15, 0.2) is 0 Å². The first kappa shape index (κ1) is 12.9. The molecule has 1 rings (SSSR count). The molecule has 9 heteroatoms. The van der Waals surface area contributed by atoms with Gasteiger partial charge in [0.25, 0.3) is 0 Å². The van der Waals surface area contributed by atoms with Crippen LogP contribution < -0.4 is 0 Å². The Bertz CT molecular complexity index is 326. The van der Waals surface area contributed by atoms with E-state index in [-0.39, 0.29) is 6.54 Å². The summed E-state index contributed by atoms with van der Waals surface area (Å²) in [6.07, 6.45) is 4.22. The van der Waals surface area contributed by atoms with E-state index in [1.807, 2.05) is 0 Å². The van der Waals surface area contributed by atoms with Crippen molar-refractivity contribution in [2.45, 2.75) is 11.6 Å². The van der Waals surface area contributed by atoms with Crippen LogP contribution in [0.3, 0.4) is 0 Å². The molecule has 15 heavy (non-hydrogen) atoms. The van der Waals surface area contributed by atoms with Crippen LogP contribution in [0.2, 0.25) is 0 Å². The normalized spacial score (nSPS) is 20.0. The van der Waals surface area contributed by atoms with Crippen LogP contribution in [0.1, 0.15) is 0 Å². The molecule has 1 aromatic rings. The van der Waals surface area contributed by atoms with Gasteiger partial charge in [-0.3, -0.25) is 0 Å². The first-order valence-corrected chi connectivity index (χ1v) is 7.49. The number of rotatable bonds is 4. The molecule has 0 aliphatic rings. The molecule has 7 nitrogen and oxygen atoms in total. The Labute approximate surface area is 88.1 Å². The Morgan fingerprint density at radius 3 is 2.40 bits per heavy atom. The SMILES string of the molecule is CP(O)(O)(O)C(O)(Cn1ccnc1)PO. The Balaban J connectivity index is 2.97. The van der Waals surface area contributed by atoms with Crippen LogP contribution in [0, 0.1) is 0 Å². The molecule has 0 aliphatic carbocycles. The van der Waals surface area contributed by atoms with Gasteiger partial charge in [-0.2, -0.15) is 0 Å². The summed E-state index contributed by atoms with van der Waals surface area (Å²) in [6.45, 7) is 0.380. The van der Waals surface area contributed by atoms with Crippen molar-refractivity contribution in [1.29, 1.82) is 0 Å². The van der Waals surface area contributed by atoms with E-state index in [2.05, 4.69) is 4.98 Å². The fourth-order valence-corrected chi connectivity index (χ4v) is 2.64. The van der Waals surface area contributed by atoms with E-state index < -0.39 is 21.2 Å². The minimum absolute atomic E-state index is 0.347. The van der Waals surface area contributed by atoms with Crippen LogP contribution in [0.25, 0.3) is 0 Å². The maximum atomic E-state index is 9.81. The molecule has 2 unspecified atom stereocenters. The van der Waals surface area contributed by atoms with Gasteiger partial charge >= 0.3 is 87.3 Å². The summed E-state index contributed by atoms with van der Waals surface area (Å²) >= 11 is 0. The van der Waals surface area contributed by atoms with Gasteiger partial charge in [-0.15, -0.1) is 0 Å². The summed E-state index contributed by atoms with van der Waals surface area (Å²) in [7, 11) is -6.49. The summed E-state index contributed by atoms with van der Waals surface area (Å²) in [6, 6.07) is 0. The molecule has 0 saturated carbocycles. The van der Waals surface area contributed by atoms with Gasteiger partial charge in [-0.05, 0) is 0 Å². The predicted molar refractivity (Wildman–Crippen MR) is 57.2 cm³/mol. The Kier molecular flexibility index (Phi) is 3.20. The fraction of sp³-hybridized carbons (Fsp3) is 0.500. The summed E-state index contributed by atoms with van der Waals surface area (Å²) in [5.41, 5.74) is 0. The zero-order chi connectivity index (χ0) is 11.8. The number of nitrogens with zero attached hydrogens (tertiary/aromatic N) is 2. The molecule has 88 valence electrons. The van der Waals surface area contributed by atoms with Crippen LogP contribution in [-0.2, 0) is 6.54 Å². The molecular formula is C6H14N2O5P2. The maximum absolute atomic E-state index is 9.81. The summed E-state index contributed by atoms with van der Waals surface area (Å²) in [4.78, 5) is 40.9. The van der Waals surface area contributed by atoms with Crippen molar-refractivity contribution in [3.8, 4) is 0 Å². The second-order valence-electron chi connectivity index (χ2n) is 3.56. The van der Waals surface area contributed by atoms with Crippen LogP contribution in [0.15, 0.2) is 18.7 Å². The average Bonchev–Trinajstić information content (AvgIpc) is 2.53. The molecule has 5 N–H and O–H groups in total. The zero-order valence-electron chi connectivity index (χ0n) is 8.02. The second-order valence-corrected chi connectivity index (χ2v) is 8.55. The third-order valence-electron chi connectivity index (χ3n) is 2.01. The van der Waals surface area contributed by atoms with Crippen molar-refractivity contribution >= 4 is 16.1 Å². The molecular weight excluding hydrogens is 242 g/mol. The van der Waals surface area contributed by atoms with Gasteiger partial charge < -0.3 is 0 Å². The van der Waals surface area contributed by atoms with Crippen molar-refractivity contribution in [2.75, 3.05) is 6.66 Å². The van der Waals surface area contributed by atoms with E-state index >= 15 is 0 Å². The zero-order valence-corrected chi connectivity index (χ0v) is 9.91. The average molecular weight is 256 g/mol. The topological polar surface area (TPSA) is 119 Å². The first-order valence-electron chi connectivity index (χ1n) is 4.00. The standard InChI is InChI=1S/C6H14N2O5P2/c1-15(11,12,13)6(9,14-10)4-8-3-2-7-5-8/h2-3,5,9-14H,4H2,1H3. The molecule has 0 amide bonds. The van der Waals surface area contributed by atoms with Gasteiger partial charge in [-0.25, -0.2) is 0 Å². The molecule has 0 aliphatic heterocycles. The van der Waals surface area contributed by atoms with Gasteiger partial charge in [0, 0.05) is 0 Å². The van der Waals surface area contributed by atoms with Gasteiger partial charge in [-0.1, -0.05) is 0 Å². The van der Waals surface area contributed by atoms with E-state index in [1.165, 1.54) is 23.3 Å². The number of hydrogen-bond donors (Lipinski definition) is 5. The van der Waals surface area contributed by atoms with Crippen molar-refractivity contribution in [1.82, 2.24) is 9.55 Å². The number of hydrogen-bond acceptors (Lipinski definition) is 6. The van der Waals surface area contributed by atoms with Crippen LogP contribution in [0.4, 0.5) is 0 Å². The second kappa shape index (κ2) is 3.71. The van der Waals surface area contributed by atoms with E-state index in [0.717, 1.165) is 6.66 Å². The summed E-state index contributed by atoms with van der Waals surface area (Å²) < 4.78 is 1.33. The Morgan fingerprint density at radius 1 is 1.47 bits per heavy atom. The third kappa shape index (κ3) is 2.71. The molecule has 2 atom stereocenters. The summed E-state index contributed by atoms with van der Waals surface area (Å²) in [5.74, 6) is 0. The summed E-state index contributed by atoms with van der Waals surface area (Å²) in [5, 5.41) is 7.45. The minimum atomic E-state index is -5.27. The van der Waals surface area contributed by atoms with Crippen molar-refractivity contribution < 1.29 is 24.7 Å². The van der Waals surface area contributed by atoms with Crippen LogP contribution in [0.5, 0.6) is 0 Å². The van der Waals surface area contributed by atoms with E-state index in [9.17, 15) is 19.8 Å². The predicted octanol–water partition coefficient (Wildman–Crippen LogP) is -0.980. The number of imidazole rings is 1.